The molecule has 1 saturated heterocycles. The van der Waals surface area contributed by atoms with E-state index in [0.717, 1.165) is 26.0 Å². The maximum absolute atomic E-state index is 6.10. The molecule has 1 aromatic heterocycles. The lowest BCUT2D eigenvalue weighted by atomic mass is 9.80. The van der Waals surface area contributed by atoms with Gasteiger partial charge >= 0.3 is 0 Å². The summed E-state index contributed by atoms with van der Waals surface area (Å²) in [5.41, 5.74) is 7.25. The molecule has 0 bridgehead atoms. The third kappa shape index (κ3) is 3.32. The highest BCUT2D eigenvalue weighted by Crippen LogP contribution is 2.35. The highest BCUT2D eigenvalue weighted by molar-refractivity contribution is 5.10. The summed E-state index contributed by atoms with van der Waals surface area (Å²) in [7, 11) is 2.15. The summed E-state index contributed by atoms with van der Waals surface area (Å²) >= 11 is 0. The van der Waals surface area contributed by atoms with Gasteiger partial charge in [0.1, 0.15) is 0 Å². The minimum absolute atomic E-state index is 0.0254. The zero-order valence-electron chi connectivity index (χ0n) is 12.2. The quantitative estimate of drug-likeness (QED) is 0.900. The SMILES string of the molecule is CN(Cc1cccnc1)C1(CN)CCOC(C)(C)C1. The molecule has 4 nitrogen and oxygen atoms in total. The van der Waals surface area contributed by atoms with Crippen molar-refractivity contribution < 1.29 is 4.74 Å². The standard InChI is InChI=1S/C15H25N3O/c1-14(2)11-15(12-16,6-8-19-14)18(3)10-13-5-4-7-17-9-13/h4-5,7,9H,6,8,10-12,16H2,1-3H3. The van der Waals surface area contributed by atoms with Gasteiger partial charge in [0.05, 0.1) is 5.60 Å². The summed E-state index contributed by atoms with van der Waals surface area (Å²) in [5.74, 6) is 0. The first-order valence-electron chi connectivity index (χ1n) is 6.92. The van der Waals surface area contributed by atoms with E-state index < -0.39 is 0 Å². The molecule has 4 heteroatoms. The van der Waals surface area contributed by atoms with E-state index in [1.807, 2.05) is 12.3 Å². The molecular weight excluding hydrogens is 238 g/mol. The molecule has 1 unspecified atom stereocenters. The molecule has 0 radical (unpaired) electrons. The Morgan fingerprint density at radius 2 is 2.26 bits per heavy atom. The Bertz CT molecular complexity index is 407. The lowest BCUT2D eigenvalue weighted by molar-refractivity contribution is -0.115. The number of rotatable bonds is 4. The summed E-state index contributed by atoms with van der Waals surface area (Å²) in [6.07, 6.45) is 5.68. The number of ether oxygens (including phenoxy) is 1. The predicted molar refractivity (Wildman–Crippen MR) is 76.8 cm³/mol. The van der Waals surface area contributed by atoms with Crippen molar-refractivity contribution >= 4 is 0 Å². The van der Waals surface area contributed by atoms with Gasteiger partial charge in [-0.15, -0.1) is 0 Å². The summed E-state index contributed by atoms with van der Waals surface area (Å²) in [4.78, 5) is 6.55. The predicted octanol–water partition coefficient (Wildman–Crippen LogP) is 1.80. The van der Waals surface area contributed by atoms with Crippen LogP contribution in [0.4, 0.5) is 0 Å². The molecule has 1 aliphatic rings. The van der Waals surface area contributed by atoms with Gasteiger partial charge < -0.3 is 10.5 Å². The van der Waals surface area contributed by atoms with Crippen molar-refractivity contribution in [3.05, 3.63) is 30.1 Å². The van der Waals surface area contributed by atoms with E-state index in [9.17, 15) is 0 Å². The number of pyridine rings is 1. The molecule has 19 heavy (non-hydrogen) atoms. The first-order chi connectivity index (χ1) is 8.97. The second-order valence-electron chi connectivity index (χ2n) is 6.18. The number of hydrogen-bond donors (Lipinski definition) is 1. The molecule has 0 aromatic carbocycles. The van der Waals surface area contributed by atoms with Gasteiger partial charge in [0, 0.05) is 37.6 Å². The van der Waals surface area contributed by atoms with Gasteiger partial charge in [-0.3, -0.25) is 9.88 Å². The monoisotopic (exact) mass is 263 g/mol. The van der Waals surface area contributed by atoms with Gasteiger partial charge in [-0.05, 0) is 45.4 Å². The van der Waals surface area contributed by atoms with Crippen molar-refractivity contribution in [2.45, 2.75) is 44.4 Å². The molecule has 0 amide bonds. The van der Waals surface area contributed by atoms with Gasteiger partial charge in [-0.2, -0.15) is 0 Å². The average Bonchev–Trinajstić information content (AvgIpc) is 2.38. The minimum atomic E-state index is -0.0964. The Hall–Kier alpha value is -0.970. The summed E-state index contributed by atoms with van der Waals surface area (Å²) < 4.78 is 5.83. The van der Waals surface area contributed by atoms with Gasteiger partial charge in [-0.25, -0.2) is 0 Å². The average molecular weight is 263 g/mol. The molecular formula is C15H25N3O. The number of nitrogens with two attached hydrogens (primary N) is 1. The Kier molecular flexibility index (Phi) is 4.23. The Labute approximate surface area is 116 Å². The van der Waals surface area contributed by atoms with Crippen LogP contribution in [0, 0.1) is 0 Å². The summed E-state index contributed by atoms with van der Waals surface area (Å²) in [6, 6.07) is 4.09. The molecule has 2 N–H and O–H groups in total. The van der Waals surface area contributed by atoms with E-state index in [1.165, 1.54) is 5.56 Å². The van der Waals surface area contributed by atoms with E-state index >= 15 is 0 Å². The van der Waals surface area contributed by atoms with E-state index in [0.29, 0.717) is 6.54 Å². The molecule has 2 heterocycles. The number of hydrogen-bond acceptors (Lipinski definition) is 4. The normalized spacial score (nSPS) is 26.6. The highest BCUT2D eigenvalue weighted by atomic mass is 16.5. The first-order valence-corrected chi connectivity index (χ1v) is 6.92. The zero-order valence-corrected chi connectivity index (χ0v) is 12.2. The maximum Gasteiger partial charge on any atom is 0.0644 e. The molecule has 106 valence electrons. The first kappa shape index (κ1) is 14.4. The molecule has 1 fully saturated rings. The third-order valence-corrected chi connectivity index (χ3v) is 4.15. The van der Waals surface area contributed by atoms with E-state index in [-0.39, 0.29) is 11.1 Å². The fraction of sp³-hybridized carbons (Fsp3) is 0.667. The molecule has 2 rings (SSSR count). The van der Waals surface area contributed by atoms with Crippen molar-refractivity contribution in [2.24, 2.45) is 5.73 Å². The lowest BCUT2D eigenvalue weighted by Gasteiger charge is -2.49. The number of aromatic nitrogens is 1. The molecule has 0 aliphatic carbocycles. The van der Waals surface area contributed by atoms with Gasteiger partial charge in [0.15, 0.2) is 0 Å². The van der Waals surface area contributed by atoms with Gasteiger partial charge in [0.2, 0.25) is 0 Å². The van der Waals surface area contributed by atoms with Crippen molar-refractivity contribution in [3.63, 3.8) is 0 Å². The van der Waals surface area contributed by atoms with Crippen molar-refractivity contribution in [1.29, 1.82) is 0 Å². The molecule has 1 atom stereocenters. The van der Waals surface area contributed by atoms with E-state index in [4.69, 9.17) is 10.5 Å². The second kappa shape index (κ2) is 5.57. The van der Waals surface area contributed by atoms with Crippen LogP contribution in [0.2, 0.25) is 0 Å². The third-order valence-electron chi connectivity index (χ3n) is 4.15. The van der Waals surface area contributed by atoms with Crippen LogP contribution in [0.5, 0.6) is 0 Å². The van der Waals surface area contributed by atoms with Crippen LogP contribution in [0.3, 0.4) is 0 Å². The Morgan fingerprint density at radius 1 is 1.47 bits per heavy atom. The topological polar surface area (TPSA) is 51.4 Å². The maximum atomic E-state index is 6.10. The highest BCUT2D eigenvalue weighted by Gasteiger charge is 2.42. The number of likely N-dealkylation sites (N-methyl/N-ethyl adjacent to an activating group) is 1. The Balaban J connectivity index is 2.12. The fourth-order valence-corrected chi connectivity index (χ4v) is 3.04. The van der Waals surface area contributed by atoms with E-state index in [1.54, 1.807) is 6.20 Å². The summed E-state index contributed by atoms with van der Waals surface area (Å²) in [5, 5.41) is 0. The van der Waals surface area contributed by atoms with Crippen LogP contribution in [-0.4, -0.2) is 41.2 Å². The van der Waals surface area contributed by atoms with Crippen molar-refractivity contribution in [2.75, 3.05) is 20.2 Å². The molecule has 1 aliphatic heterocycles. The van der Waals surface area contributed by atoms with Crippen LogP contribution in [-0.2, 0) is 11.3 Å². The fourth-order valence-electron chi connectivity index (χ4n) is 3.04. The van der Waals surface area contributed by atoms with Crippen LogP contribution >= 0.6 is 0 Å². The van der Waals surface area contributed by atoms with Gasteiger partial charge in [0.25, 0.3) is 0 Å². The zero-order chi connectivity index (χ0) is 13.9. The molecule has 1 aromatic rings. The smallest absolute Gasteiger partial charge is 0.0644 e. The van der Waals surface area contributed by atoms with Crippen molar-refractivity contribution in [1.82, 2.24) is 9.88 Å². The van der Waals surface area contributed by atoms with Crippen LogP contribution in [0.25, 0.3) is 0 Å². The van der Waals surface area contributed by atoms with Crippen molar-refractivity contribution in [3.8, 4) is 0 Å². The van der Waals surface area contributed by atoms with E-state index in [2.05, 4.69) is 36.8 Å². The van der Waals surface area contributed by atoms with Crippen LogP contribution < -0.4 is 5.73 Å². The summed E-state index contributed by atoms with van der Waals surface area (Å²) in [6.45, 7) is 6.61. The molecule has 0 saturated carbocycles. The van der Waals surface area contributed by atoms with Crippen LogP contribution in [0.1, 0.15) is 32.3 Å². The minimum Gasteiger partial charge on any atom is -0.375 e. The van der Waals surface area contributed by atoms with Gasteiger partial charge in [-0.1, -0.05) is 6.07 Å². The largest absolute Gasteiger partial charge is 0.375 e. The molecule has 0 spiro atoms. The second-order valence-corrected chi connectivity index (χ2v) is 6.18. The van der Waals surface area contributed by atoms with Crippen LogP contribution in [0.15, 0.2) is 24.5 Å². The lowest BCUT2D eigenvalue weighted by Crippen LogP contribution is -2.59. The number of nitrogens with zero attached hydrogens (tertiary/aromatic N) is 2. The Morgan fingerprint density at radius 3 is 2.84 bits per heavy atom.